The molecule has 0 bridgehead atoms. The van der Waals surface area contributed by atoms with Crippen LogP contribution >= 0.6 is 0 Å². The number of rotatable bonds is 9. The number of halogens is 2. The summed E-state index contributed by atoms with van der Waals surface area (Å²) >= 11 is 0. The molecule has 1 aromatic rings. The van der Waals surface area contributed by atoms with Gasteiger partial charge in [-0.3, -0.25) is 4.79 Å². The molecule has 1 aliphatic carbocycles. The van der Waals surface area contributed by atoms with Crippen molar-refractivity contribution >= 4 is 5.78 Å². The van der Waals surface area contributed by atoms with E-state index in [0.29, 0.717) is 32.3 Å². The van der Waals surface area contributed by atoms with Gasteiger partial charge in [-0.1, -0.05) is 49.8 Å². The van der Waals surface area contributed by atoms with Crippen LogP contribution in [0.25, 0.3) is 0 Å². The number of ether oxygens (including phenoxy) is 2. The van der Waals surface area contributed by atoms with Crippen LogP contribution in [0.15, 0.2) is 42.5 Å². The number of carbonyl (C=O) groups is 1. The molecule has 1 N–H and O–H groups in total. The summed E-state index contributed by atoms with van der Waals surface area (Å²) < 4.78 is 39.5. The van der Waals surface area contributed by atoms with Crippen molar-refractivity contribution in [3.8, 4) is 0 Å². The lowest BCUT2D eigenvalue weighted by Crippen LogP contribution is -2.28. The minimum Gasteiger partial charge on any atom is -0.373 e. The van der Waals surface area contributed by atoms with E-state index in [1.807, 2.05) is 37.3 Å². The number of fused-ring (bicyclic) bond motifs is 1. The molecule has 3 rings (SSSR count). The fraction of sp³-hybridized carbons (Fsp3) is 0.591. The molecule has 6 heteroatoms. The topological polar surface area (TPSA) is 55.8 Å². The highest BCUT2D eigenvalue weighted by Crippen LogP contribution is 2.45. The van der Waals surface area contributed by atoms with Crippen molar-refractivity contribution in [2.24, 2.45) is 11.8 Å². The Kier molecular flexibility index (Phi) is 6.96. The van der Waals surface area contributed by atoms with Gasteiger partial charge in [-0.25, -0.2) is 0 Å². The average molecular weight is 394 g/mol. The van der Waals surface area contributed by atoms with Gasteiger partial charge < -0.3 is 14.6 Å². The zero-order valence-corrected chi connectivity index (χ0v) is 16.1. The summed E-state index contributed by atoms with van der Waals surface area (Å²) in [4.78, 5) is 12.0. The maximum atomic E-state index is 14.0. The second-order valence-electron chi connectivity index (χ2n) is 7.71. The average Bonchev–Trinajstić information content (AvgIpc) is 3.19. The number of carbonyl (C=O) groups excluding carboxylic acids is 1. The van der Waals surface area contributed by atoms with E-state index >= 15 is 0 Å². The number of ketones is 1. The number of hydrogen-bond acceptors (Lipinski definition) is 4. The van der Waals surface area contributed by atoms with E-state index in [9.17, 15) is 18.7 Å². The molecule has 0 aromatic heterocycles. The fourth-order valence-electron chi connectivity index (χ4n) is 4.11. The molecule has 0 amide bonds. The Morgan fingerprint density at radius 3 is 2.79 bits per heavy atom. The molecule has 4 nitrogen and oxygen atoms in total. The van der Waals surface area contributed by atoms with Gasteiger partial charge in [0.15, 0.2) is 6.29 Å². The summed E-state index contributed by atoms with van der Waals surface area (Å²) in [5.74, 6) is -4.78. The molecule has 2 fully saturated rings. The van der Waals surface area contributed by atoms with Gasteiger partial charge in [-0.05, 0) is 24.0 Å². The first-order chi connectivity index (χ1) is 13.4. The third kappa shape index (κ3) is 5.04. The Balaban J connectivity index is 1.67. The van der Waals surface area contributed by atoms with Gasteiger partial charge >= 0.3 is 5.92 Å². The van der Waals surface area contributed by atoms with Crippen LogP contribution in [0.4, 0.5) is 8.78 Å². The summed E-state index contributed by atoms with van der Waals surface area (Å²) in [6, 6.07) is 9.69. The van der Waals surface area contributed by atoms with Crippen molar-refractivity contribution in [2.45, 2.75) is 70.1 Å². The number of unbranched alkanes of at least 4 members (excludes halogenated alkanes) is 1. The SMILES string of the molecule is CCCCC(F)(F)C(=O)C=C[C@@H]1[C@H]2CC(O)O[C@H]2C[C@H]1OCc1ccccc1. The van der Waals surface area contributed by atoms with Crippen LogP contribution in [0.3, 0.4) is 0 Å². The van der Waals surface area contributed by atoms with Gasteiger partial charge in [0.05, 0.1) is 18.8 Å². The van der Waals surface area contributed by atoms with Gasteiger partial charge in [-0.15, -0.1) is 0 Å². The highest BCUT2D eigenvalue weighted by molar-refractivity contribution is 5.95. The fourth-order valence-corrected chi connectivity index (χ4v) is 4.11. The van der Waals surface area contributed by atoms with E-state index in [1.165, 1.54) is 0 Å². The number of aliphatic hydroxyl groups excluding tert-OH is 1. The monoisotopic (exact) mass is 394 g/mol. The highest BCUT2D eigenvalue weighted by atomic mass is 19.3. The maximum Gasteiger partial charge on any atom is 0.309 e. The predicted molar refractivity (Wildman–Crippen MR) is 101 cm³/mol. The van der Waals surface area contributed by atoms with E-state index < -0.39 is 24.4 Å². The Morgan fingerprint density at radius 1 is 1.32 bits per heavy atom. The highest BCUT2D eigenvalue weighted by Gasteiger charge is 2.49. The first-order valence-electron chi connectivity index (χ1n) is 10.00. The van der Waals surface area contributed by atoms with Crippen molar-refractivity contribution in [1.82, 2.24) is 0 Å². The number of benzene rings is 1. The number of hydrogen-bond donors (Lipinski definition) is 1. The summed E-state index contributed by atoms with van der Waals surface area (Å²) in [7, 11) is 0. The number of alkyl halides is 2. The van der Waals surface area contributed by atoms with Crippen LogP contribution < -0.4 is 0 Å². The molecule has 1 heterocycles. The number of allylic oxidation sites excluding steroid dienone is 1. The largest absolute Gasteiger partial charge is 0.373 e. The second-order valence-corrected chi connectivity index (χ2v) is 7.71. The minimum absolute atomic E-state index is 0.0379. The molecule has 0 spiro atoms. The first-order valence-corrected chi connectivity index (χ1v) is 10.00. The quantitative estimate of drug-likeness (QED) is 0.636. The molecule has 1 unspecified atom stereocenters. The molecule has 1 saturated carbocycles. The molecule has 28 heavy (non-hydrogen) atoms. The molecular formula is C22H28F2O4. The Morgan fingerprint density at radius 2 is 2.07 bits per heavy atom. The lowest BCUT2D eigenvalue weighted by molar-refractivity contribution is -0.138. The second kappa shape index (κ2) is 9.25. The Bertz CT molecular complexity index is 676. The third-order valence-corrected chi connectivity index (χ3v) is 5.65. The summed E-state index contributed by atoms with van der Waals surface area (Å²) in [5.41, 5.74) is 1.02. The van der Waals surface area contributed by atoms with Crippen LogP contribution in [-0.2, 0) is 20.9 Å². The summed E-state index contributed by atoms with van der Waals surface area (Å²) in [6.07, 6.45) is 2.78. The van der Waals surface area contributed by atoms with Crippen molar-refractivity contribution in [3.05, 3.63) is 48.0 Å². The molecule has 2 aliphatic rings. The smallest absolute Gasteiger partial charge is 0.309 e. The van der Waals surface area contributed by atoms with Gasteiger partial charge in [0.1, 0.15) is 0 Å². The van der Waals surface area contributed by atoms with Crippen molar-refractivity contribution in [1.29, 1.82) is 0 Å². The zero-order valence-electron chi connectivity index (χ0n) is 16.1. The van der Waals surface area contributed by atoms with Crippen molar-refractivity contribution in [2.75, 3.05) is 0 Å². The Hall–Kier alpha value is -1.63. The first kappa shape index (κ1) is 21.1. The van der Waals surface area contributed by atoms with Crippen LogP contribution in [0, 0.1) is 11.8 Å². The minimum atomic E-state index is -3.34. The van der Waals surface area contributed by atoms with Gasteiger partial charge in [-0.2, -0.15) is 8.78 Å². The molecule has 5 atom stereocenters. The van der Waals surface area contributed by atoms with Crippen molar-refractivity contribution in [3.63, 3.8) is 0 Å². The van der Waals surface area contributed by atoms with E-state index in [0.717, 1.165) is 11.6 Å². The van der Waals surface area contributed by atoms with Crippen LogP contribution in [0.5, 0.6) is 0 Å². The normalized spacial score (nSPS) is 30.1. The van der Waals surface area contributed by atoms with E-state index in [-0.39, 0.29) is 24.0 Å². The van der Waals surface area contributed by atoms with Crippen LogP contribution in [0.1, 0.15) is 44.6 Å². The molecule has 154 valence electrons. The molecule has 1 saturated heterocycles. The third-order valence-electron chi connectivity index (χ3n) is 5.65. The van der Waals surface area contributed by atoms with E-state index in [2.05, 4.69) is 0 Å². The lowest BCUT2D eigenvalue weighted by Gasteiger charge is -2.21. The summed E-state index contributed by atoms with van der Waals surface area (Å²) in [6.45, 7) is 2.22. The molecule has 0 radical (unpaired) electrons. The van der Waals surface area contributed by atoms with Crippen LogP contribution in [0.2, 0.25) is 0 Å². The molecule has 1 aliphatic heterocycles. The lowest BCUT2D eigenvalue weighted by atomic mass is 9.91. The van der Waals surface area contributed by atoms with E-state index in [1.54, 1.807) is 6.08 Å². The number of aliphatic hydroxyl groups is 1. The maximum absolute atomic E-state index is 14.0. The molecule has 1 aromatic carbocycles. The van der Waals surface area contributed by atoms with Gasteiger partial charge in [0.25, 0.3) is 0 Å². The van der Waals surface area contributed by atoms with Gasteiger partial charge in [0.2, 0.25) is 5.78 Å². The van der Waals surface area contributed by atoms with Crippen LogP contribution in [-0.4, -0.2) is 35.3 Å². The van der Waals surface area contributed by atoms with Crippen molar-refractivity contribution < 1.29 is 28.2 Å². The summed E-state index contributed by atoms with van der Waals surface area (Å²) in [5, 5.41) is 9.78. The standard InChI is InChI=1S/C22H28F2O4/c1-2-3-11-22(23,24)20(25)10-9-16-17-12-21(26)28-19(17)13-18(16)27-14-15-7-5-4-6-8-15/h4-10,16-19,21,26H,2-3,11-14H2,1H3/t16-,17-,18-,19+,21?/m1/s1. The Labute approximate surface area is 164 Å². The van der Waals surface area contributed by atoms with Gasteiger partial charge in [0, 0.05) is 25.2 Å². The zero-order chi connectivity index (χ0) is 20.1. The predicted octanol–water partition coefficient (Wildman–Crippen LogP) is 4.27. The van der Waals surface area contributed by atoms with E-state index in [4.69, 9.17) is 9.47 Å². The molecular weight excluding hydrogens is 366 g/mol.